The SMILES string of the molecule is NC(=O)c1cc(NCC2CC3CCC2C3)c(F)cc1N. The molecule has 2 aliphatic rings. The van der Waals surface area contributed by atoms with Gasteiger partial charge in [-0.3, -0.25) is 4.79 Å². The first-order valence-corrected chi connectivity index (χ1v) is 7.17. The topological polar surface area (TPSA) is 81.1 Å². The van der Waals surface area contributed by atoms with Crippen LogP contribution in [0.4, 0.5) is 15.8 Å². The van der Waals surface area contributed by atoms with Crippen molar-refractivity contribution in [2.75, 3.05) is 17.6 Å². The van der Waals surface area contributed by atoms with E-state index in [4.69, 9.17) is 11.5 Å². The summed E-state index contributed by atoms with van der Waals surface area (Å²) in [7, 11) is 0. The molecule has 4 nitrogen and oxygen atoms in total. The van der Waals surface area contributed by atoms with E-state index >= 15 is 0 Å². The predicted octanol–water partition coefficient (Wildman–Crippen LogP) is 2.35. The van der Waals surface area contributed by atoms with Crippen LogP contribution in [0.1, 0.15) is 36.0 Å². The minimum Gasteiger partial charge on any atom is -0.398 e. The van der Waals surface area contributed by atoms with Crippen molar-refractivity contribution in [3.05, 3.63) is 23.5 Å². The molecule has 0 aromatic heterocycles. The third-order valence-electron chi connectivity index (χ3n) is 4.84. The summed E-state index contributed by atoms with van der Waals surface area (Å²) in [5, 5.41) is 3.12. The molecule has 0 radical (unpaired) electrons. The second-order valence-corrected chi connectivity index (χ2v) is 6.10. The van der Waals surface area contributed by atoms with Crippen LogP contribution < -0.4 is 16.8 Å². The highest BCUT2D eigenvalue weighted by molar-refractivity contribution is 5.99. The monoisotopic (exact) mass is 277 g/mol. The summed E-state index contributed by atoms with van der Waals surface area (Å²) < 4.78 is 13.9. The van der Waals surface area contributed by atoms with Gasteiger partial charge in [-0.2, -0.15) is 0 Å². The number of rotatable bonds is 4. The maximum atomic E-state index is 13.9. The maximum absolute atomic E-state index is 13.9. The number of nitrogens with one attached hydrogen (secondary N) is 1. The molecule has 0 aliphatic heterocycles. The Morgan fingerprint density at radius 3 is 2.75 bits per heavy atom. The fourth-order valence-electron chi connectivity index (χ4n) is 3.81. The number of hydrogen-bond donors (Lipinski definition) is 3. The van der Waals surface area contributed by atoms with E-state index < -0.39 is 11.7 Å². The van der Waals surface area contributed by atoms with E-state index in [0.29, 0.717) is 11.6 Å². The molecule has 2 saturated carbocycles. The summed E-state index contributed by atoms with van der Waals surface area (Å²) in [4.78, 5) is 11.2. The van der Waals surface area contributed by atoms with E-state index in [1.807, 2.05) is 0 Å². The second kappa shape index (κ2) is 4.96. The van der Waals surface area contributed by atoms with Gasteiger partial charge in [0, 0.05) is 12.2 Å². The molecular formula is C15H20FN3O. The number of anilines is 2. The first-order chi connectivity index (χ1) is 9.54. The molecule has 5 heteroatoms. The molecule has 1 aromatic carbocycles. The summed E-state index contributed by atoms with van der Waals surface area (Å²) in [6.45, 7) is 0.750. The zero-order valence-electron chi connectivity index (χ0n) is 11.4. The Bertz CT molecular complexity index is 546. The number of halogens is 1. The van der Waals surface area contributed by atoms with Crippen molar-refractivity contribution < 1.29 is 9.18 Å². The standard InChI is InChI=1S/C15H20FN3O/c16-12-6-13(17)11(15(18)20)5-14(12)19-7-10-4-8-1-2-9(10)3-8/h5-6,8-10,19H,1-4,7,17H2,(H2,18,20). The summed E-state index contributed by atoms with van der Waals surface area (Å²) in [5.41, 5.74) is 11.4. The number of carbonyl (C=O) groups is 1. The number of fused-ring (bicyclic) bond motifs is 2. The van der Waals surface area contributed by atoms with E-state index in [0.717, 1.165) is 24.4 Å². The van der Waals surface area contributed by atoms with Gasteiger partial charge in [0.05, 0.1) is 11.3 Å². The van der Waals surface area contributed by atoms with Gasteiger partial charge in [0.25, 0.3) is 5.91 Å². The molecule has 108 valence electrons. The van der Waals surface area contributed by atoms with E-state index in [2.05, 4.69) is 5.32 Å². The smallest absolute Gasteiger partial charge is 0.250 e. The van der Waals surface area contributed by atoms with Crippen molar-refractivity contribution in [3.8, 4) is 0 Å². The third kappa shape index (κ3) is 2.32. The number of benzene rings is 1. The number of nitrogens with two attached hydrogens (primary N) is 2. The summed E-state index contributed by atoms with van der Waals surface area (Å²) in [6.07, 6.45) is 5.21. The number of primary amides is 1. The zero-order valence-corrected chi connectivity index (χ0v) is 11.4. The molecule has 2 aliphatic carbocycles. The number of nitrogen functional groups attached to an aromatic ring is 1. The van der Waals surface area contributed by atoms with Gasteiger partial charge in [0.1, 0.15) is 5.82 Å². The van der Waals surface area contributed by atoms with Gasteiger partial charge >= 0.3 is 0 Å². The molecule has 3 unspecified atom stereocenters. The number of amides is 1. The van der Waals surface area contributed by atoms with E-state index in [-0.39, 0.29) is 11.3 Å². The van der Waals surface area contributed by atoms with Gasteiger partial charge in [0.15, 0.2) is 0 Å². The number of carbonyl (C=O) groups excluding carboxylic acids is 1. The van der Waals surface area contributed by atoms with Crippen molar-refractivity contribution >= 4 is 17.3 Å². The van der Waals surface area contributed by atoms with Crippen LogP contribution in [0.3, 0.4) is 0 Å². The largest absolute Gasteiger partial charge is 0.398 e. The Labute approximate surface area is 117 Å². The Morgan fingerprint density at radius 1 is 1.35 bits per heavy atom. The van der Waals surface area contributed by atoms with Crippen LogP contribution in [0.15, 0.2) is 12.1 Å². The van der Waals surface area contributed by atoms with Crippen molar-refractivity contribution in [2.24, 2.45) is 23.5 Å². The number of hydrogen-bond acceptors (Lipinski definition) is 3. The van der Waals surface area contributed by atoms with Gasteiger partial charge in [-0.1, -0.05) is 6.42 Å². The van der Waals surface area contributed by atoms with Crippen molar-refractivity contribution in [1.29, 1.82) is 0 Å². The summed E-state index contributed by atoms with van der Waals surface area (Å²) in [6, 6.07) is 2.57. The molecule has 5 N–H and O–H groups in total. The van der Waals surface area contributed by atoms with Gasteiger partial charge in [-0.05, 0) is 49.1 Å². The predicted molar refractivity (Wildman–Crippen MR) is 76.8 cm³/mol. The van der Waals surface area contributed by atoms with Gasteiger partial charge in [-0.25, -0.2) is 4.39 Å². The van der Waals surface area contributed by atoms with E-state index in [1.54, 1.807) is 0 Å². The van der Waals surface area contributed by atoms with Crippen LogP contribution in [0.2, 0.25) is 0 Å². The van der Waals surface area contributed by atoms with Crippen LogP contribution in [0.5, 0.6) is 0 Å². The second-order valence-electron chi connectivity index (χ2n) is 6.10. The fraction of sp³-hybridized carbons (Fsp3) is 0.533. The van der Waals surface area contributed by atoms with Gasteiger partial charge in [-0.15, -0.1) is 0 Å². The third-order valence-corrected chi connectivity index (χ3v) is 4.84. The quantitative estimate of drug-likeness (QED) is 0.739. The van der Waals surface area contributed by atoms with Crippen molar-refractivity contribution in [1.82, 2.24) is 0 Å². The molecule has 3 atom stereocenters. The fourth-order valence-corrected chi connectivity index (χ4v) is 3.81. The zero-order chi connectivity index (χ0) is 14.3. The van der Waals surface area contributed by atoms with E-state index in [9.17, 15) is 9.18 Å². The lowest BCUT2D eigenvalue weighted by Crippen LogP contribution is -2.21. The maximum Gasteiger partial charge on any atom is 0.250 e. The molecule has 2 bridgehead atoms. The molecule has 0 spiro atoms. The molecule has 0 saturated heterocycles. The van der Waals surface area contributed by atoms with Crippen LogP contribution in [-0.4, -0.2) is 12.5 Å². The van der Waals surface area contributed by atoms with Gasteiger partial charge < -0.3 is 16.8 Å². The normalized spacial score (nSPS) is 27.8. The highest BCUT2D eigenvalue weighted by Gasteiger charge is 2.39. The molecule has 1 aromatic rings. The lowest BCUT2D eigenvalue weighted by atomic mass is 9.89. The molecule has 20 heavy (non-hydrogen) atoms. The Kier molecular flexibility index (Phi) is 3.28. The van der Waals surface area contributed by atoms with Crippen LogP contribution in [-0.2, 0) is 0 Å². The highest BCUT2D eigenvalue weighted by Crippen LogP contribution is 2.48. The first-order valence-electron chi connectivity index (χ1n) is 7.17. The Balaban J connectivity index is 1.71. The van der Waals surface area contributed by atoms with Crippen molar-refractivity contribution in [2.45, 2.75) is 25.7 Å². The molecule has 2 fully saturated rings. The minimum atomic E-state index is -0.634. The minimum absolute atomic E-state index is 0.0838. The van der Waals surface area contributed by atoms with Gasteiger partial charge in [0.2, 0.25) is 0 Å². The Hall–Kier alpha value is -1.78. The highest BCUT2D eigenvalue weighted by atomic mass is 19.1. The molecule has 0 heterocycles. The van der Waals surface area contributed by atoms with Crippen LogP contribution >= 0.6 is 0 Å². The van der Waals surface area contributed by atoms with Crippen molar-refractivity contribution in [3.63, 3.8) is 0 Å². The summed E-state index contributed by atoms with van der Waals surface area (Å²) >= 11 is 0. The first kappa shape index (κ1) is 13.2. The molecular weight excluding hydrogens is 257 g/mol. The van der Waals surface area contributed by atoms with E-state index in [1.165, 1.54) is 31.7 Å². The lowest BCUT2D eigenvalue weighted by molar-refractivity contribution is 0.100. The average Bonchev–Trinajstić information content (AvgIpc) is 2.99. The average molecular weight is 277 g/mol. The molecule has 3 rings (SSSR count). The molecule has 1 amide bonds. The van der Waals surface area contributed by atoms with Crippen LogP contribution in [0, 0.1) is 23.6 Å². The summed E-state index contributed by atoms with van der Waals surface area (Å²) in [5.74, 6) is 1.19. The lowest BCUT2D eigenvalue weighted by Gasteiger charge is -2.22. The Morgan fingerprint density at radius 2 is 2.15 bits per heavy atom. The van der Waals surface area contributed by atoms with Crippen LogP contribution in [0.25, 0.3) is 0 Å².